The lowest BCUT2D eigenvalue weighted by molar-refractivity contribution is 0.425. The summed E-state index contributed by atoms with van der Waals surface area (Å²) >= 11 is 1.93. The summed E-state index contributed by atoms with van der Waals surface area (Å²) in [5, 5.41) is 0. The van der Waals surface area contributed by atoms with Crippen LogP contribution in [-0.2, 0) is 6.42 Å². The zero-order valence-electron chi connectivity index (χ0n) is 8.66. The van der Waals surface area contributed by atoms with Gasteiger partial charge in [0.05, 0.1) is 0 Å². The summed E-state index contributed by atoms with van der Waals surface area (Å²) in [6, 6.07) is 7.08. The third kappa shape index (κ3) is 2.95. The molecule has 1 aliphatic heterocycles. The Morgan fingerprint density at radius 1 is 1.33 bits per heavy atom. The van der Waals surface area contributed by atoms with E-state index in [9.17, 15) is 4.39 Å². The van der Waals surface area contributed by atoms with Gasteiger partial charge in [0.2, 0.25) is 0 Å². The van der Waals surface area contributed by atoms with Crippen molar-refractivity contribution in [3.05, 3.63) is 35.6 Å². The van der Waals surface area contributed by atoms with E-state index in [1.54, 1.807) is 0 Å². The molecule has 0 saturated carbocycles. The second kappa shape index (κ2) is 4.99. The number of benzene rings is 1. The van der Waals surface area contributed by atoms with Crippen LogP contribution in [0.5, 0.6) is 0 Å². The molecule has 0 aliphatic carbocycles. The fourth-order valence-electron chi connectivity index (χ4n) is 1.98. The van der Waals surface area contributed by atoms with Crippen LogP contribution in [0.1, 0.15) is 12.0 Å². The van der Waals surface area contributed by atoms with Gasteiger partial charge in [-0.25, -0.2) is 4.39 Å². The highest BCUT2D eigenvalue weighted by molar-refractivity contribution is 7.99. The summed E-state index contributed by atoms with van der Waals surface area (Å²) < 4.78 is 12.7. The van der Waals surface area contributed by atoms with Gasteiger partial charge in [0, 0.05) is 11.8 Å². The molecule has 82 valence electrons. The van der Waals surface area contributed by atoms with Gasteiger partial charge in [0.15, 0.2) is 0 Å². The number of thioether (sulfide) groups is 1. The largest absolute Gasteiger partial charge is 0.327 e. The van der Waals surface area contributed by atoms with Gasteiger partial charge in [0.25, 0.3) is 0 Å². The van der Waals surface area contributed by atoms with Gasteiger partial charge in [-0.1, -0.05) is 12.1 Å². The first-order chi connectivity index (χ1) is 7.25. The summed E-state index contributed by atoms with van der Waals surface area (Å²) in [7, 11) is 0. The second-order valence-electron chi connectivity index (χ2n) is 4.12. The zero-order chi connectivity index (χ0) is 10.7. The van der Waals surface area contributed by atoms with Gasteiger partial charge in [-0.05, 0) is 42.2 Å². The van der Waals surface area contributed by atoms with Crippen molar-refractivity contribution in [1.82, 2.24) is 0 Å². The standard InChI is InChI=1S/C12H16FNS/c13-11-3-1-9(2-4-11)7-10-5-6-15-8-12(10)14/h1-4,10,12H,5-8,14H2. The predicted octanol–water partition coefficient (Wildman–Crippen LogP) is 2.45. The Bertz CT molecular complexity index is 312. The van der Waals surface area contributed by atoms with Crippen LogP contribution >= 0.6 is 11.8 Å². The molecule has 15 heavy (non-hydrogen) atoms. The van der Waals surface area contributed by atoms with Crippen LogP contribution < -0.4 is 5.73 Å². The van der Waals surface area contributed by atoms with Gasteiger partial charge in [0.1, 0.15) is 5.82 Å². The van der Waals surface area contributed by atoms with E-state index in [-0.39, 0.29) is 5.82 Å². The molecule has 1 aromatic carbocycles. The zero-order valence-corrected chi connectivity index (χ0v) is 9.47. The molecule has 1 fully saturated rings. The van der Waals surface area contributed by atoms with E-state index >= 15 is 0 Å². The first-order valence-electron chi connectivity index (χ1n) is 5.33. The van der Waals surface area contributed by atoms with Crippen molar-refractivity contribution in [3.63, 3.8) is 0 Å². The van der Waals surface area contributed by atoms with Crippen LogP contribution in [-0.4, -0.2) is 17.5 Å². The maximum absolute atomic E-state index is 12.7. The van der Waals surface area contributed by atoms with Crippen LogP contribution in [0.25, 0.3) is 0 Å². The Hall–Kier alpha value is -0.540. The third-order valence-electron chi connectivity index (χ3n) is 2.96. The summed E-state index contributed by atoms with van der Waals surface area (Å²) in [5.74, 6) is 2.67. The van der Waals surface area contributed by atoms with Gasteiger partial charge in [-0.15, -0.1) is 0 Å². The Balaban J connectivity index is 1.98. The van der Waals surface area contributed by atoms with E-state index in [0.717, 1.165) is 12.2 Å². The molecule has 2 unspecified atom stereocenters. The van der Waals surface area contributed by atoms with Crippen molar-refractivity contribution in [2.45, 2.75) is 18.9 Å². The fourth-order valence-corrected chi connectivity index (χ4v) is 3.16. The maximum Gasteiger partial charge on any atom is 0.123 e. The van der Waals surface area contributed by atoms with Crippen LogP contribution in [0.2, 0.25) is 0 Å². The average molecular weight is 225 g/mol. The molecule has 1 aromatic rings. The Morgan fingerprint density at radius 2 is 2.07 bits per heavy atom. The smallest absolute Gasteiger partial charge is 0.123 e. The fraction of sp³-hybridized carbons (Fsp3) is 0.500. The minimum atomic E-state index is -0.165. The molecule has 3 heteroatoms. The quantitative estimate of drug-likeness (QED) is 0.836. The highest BCUT2D eigenvalue weighted by Gasteiger charge is 2.22. The monoisotopic (exact) mass is 225 g/mol. The van der Waals surface area contributed by atoms with Crippen molar-refractivity contribution in [3.8, 4) is 0 Å². The molecule has 1 aliphatic rings. The lowest BCUT2D eigenvalue weighted by Gasteiger charge is -2.28. The van der Waals surface area contributed by atoms with Crippen LogP contribution in [0.4, 0.5) is 4.39 Å². The summed E-state index contributed by atoms with van der Waals surface area (Å²) in [6.07, 6.45) is 2.17. The van der Waals surface area contributed by atoms with Crippen molar-refractivity contribution < 1.29 is 4.39 Å². The lowest BCUT2D eigenvalue weighted by Crippen LogP contribution is -2.37. The number of nitrogens with two attached hydrogens (primary N) is 1. The molecular weight excluding hydrogens is 209 g/mol. The van der Waals surface area contributed by atoms with Crippen LogP contribution in [0, 0.1) is 11.7 Å². The number of hydrogen-bond donors (Lipinski definition) is 1. The minimum absolute atomic E-state index is 0.165. The van der Waals surface area contributed by atoms with Crippen LogP contribution in [0.3, 0.4) is 0 Å². The number of hydrogen-bond acceptors (Lipinski definition) is 2. The molecule has 1 saturated heterocycles. The summed E-state index contributed by atoms with van der Waals surface area (Å²) in [6.45, 7) is 0. The van der Waals surface area contributed by atoms with Gasteiger partial charge in [-0.2, -0.15) is 11.8 Å². The van der Waals surface area contributed by atoms with Crippen LogP contribution in [0.15, 0.2) is 24.3 Å². The van der Waals surface area contributed by atoms with E-state index in [2.05, 4.69) is 0 Å². The highest BCUT2D eigenvalue weighted by Crippen LogP contribution is 2.25. The molecule has 0 aromatic heterocycles. The van der Waals surface area contributed by atoms with Gasteiger partial charge >= 0.3 is 0 Å². The van der Waals surface area contributed by atoms with E-state index in [0.29, 0.717) is 12.0 Å². The molecular formula is C12H16FNS. The molecule has 2 atom stereocenters. The SMILES string of the molecule is NC1CSCCC1Cc1ccc(F)cc1. The first-order valence-corrected chi connectivity index (χ1v) is 6.49. The molecule has 0 radical (unpaired) electrons. The van der Waals surface area contributed by atoms with Crippen molar-refractivity contribution >= 4 is 11.8 Å². The van der Waals surface area contributed by atoms with Gasteiger partial charge in [-0.3, -0.25) is 0 Å². The van der Waals surface area contributed by atoms with Crippen molar-refractivity contribution in [1.29, 1.82) is 0 Å². The van der Waals surface area contributed by atoms with Gasteiger partial charge < -0.3 is 5.73 Å². The van der Waals surface area contributed by atoms with E-state index < -0.39 is 0 Å². The summed E-state index contributed by atoms with van der Waals surface area (Å²) in [4.78, 5) is 0. The average Bonchev–Trinajstić information content (AvgIpc) is 2.25. The maximum atomic E-state index is 12.7. The Morgan fingerprint density at radius 3 is 2.73 bits per heavy atom. The molecule has 0 spiro atoms. The van der Waals surface area contributed by atoms with E-state index in [4.69, 9.17) is 5.73 Å². The lowest BCUT2D eigenvalue weighted by atomic mass is 9.91. The molecule has 1 nitrogen and oxygen atoms in total. The third-order valence-corrected chi connectivity index (χ3v) is 4.10. The first kappa shape index (κ1) is 11.0. The van der Waals surface area contributed by atoms with E-state index in [1.165, 1.54) is 29.9 Å². The number of halogens is 1. The normalized spacial score (nSPS) is 26.5. The Labute approximate surface area is 94.2 Å². The predicted molar refractivity (Wildman–Crippen MR) is 63.5 cm³/mol. The highest BCUT2D eigenvalue weighted by atomic mass is 32.2. The Kier molecular flexibility index (Phi) is 3.65. The minimum Gasteiger partial charge on any atom is -0.327 e. The molecule has 2 N–H and O–H groups in total. The van der Waals surface area contributed by atoms with Crippen molar-refractivity contribution in [2.24, 2.45) is 11.7 Å². The van der Waals surface area contributed by atoms with Crippen molar-refractivity contribution in [2.75, 3.05) is 11.5 Å². The topological polar surface area (TPSA) is 26.0 Å². The van der Waals surface area contributed by atoms with E-state index in [1.807, 2.05) is 23.9 Å². The summed E-state index contributed by atoms with van der Waals surface area (Å²) in [5.41, 5.74) is 7.26. The molecule has 1 heterocycles. The molecule has 0 amide bonds. The molecule has 0 bridgehead atoms. The number of rotatable bonds is 2. The second-order valence-corrected chi connectivity index (χ2v) is 5.27. The molecule has 2 rings (SSSR count).